The SMILES string of the molecule is Cc1noc(C)c1-c1cc(-c2cc3ncccc3cc2C(F)(F)F)c2nc[nH]c2c1. The Hall–Kier alpha value is -3.68. The van der Waals surface area contributed by atoms with E-state index in [2.05, 4.69) is 20.1 Å². The quantitative estimate of drug-likeness (QED) is 0.385. The Labute approximate surface area is 168 Å². The van der Waals surface area contributed by atoms with Gasteiger partial charge in [0.25, 0.3) is 0 Å². The minimum atomic E-state index is -4.54. The van der Waals surface area contributed by atoms with Gasteiger partial charge in [0.05, 0.1) is 34.1 Å². The predicted molar refractivity (Wildman–Crippen MR) is 107 cm³/mol. The van der Waals surface area contributed by atoms with Crippen LogP contribution in [-0.2, 0) is 6.18 Å². The first-order valence-electron chi connectivity index (χ1n) is 9.19. The largest absolute Gasteiger partial charge is 0.417 e. The van der Waals surface area contributed by atoms with E-state index in [1.807, 2.05) is 6.07 Å². The van der Waals surface area contributed by atoms with Gasteiger partial charge in [0.15, 0.2) is 0 Å². The molecule has 0 fully saturated rings. The van der Waals surface area contributed by atoms with Crippen molar-refractivity contribution in [2.24, 2.45) is 0 Å². The molecule has 3 heterocycles. The number of H-pyrrole nitrogens is 1. The zero-order valence-electron chi connectivity index (χ0n) is 16.0. The summed E-state index contributed by atoms with van der Waals surface area (Å²) in [7, 11) is 0. The smallest absolute Gasteiger partial charge is 0.361 e. The number of aryl methyl sites for hydroxylation is 2. The summed E-state index contributed by atoms with van der Waals surface area (Å²) in [5.41, 5.74) is 3.32. The molecule has 2 aromatic carbocycles. The molecule has 0 radical (unpaired) electrons. The number of imidazole rings is 1. The molecule has 150 valence electrons. The van der Waals surface area contributed by atoms with Gasteiger partial charge in [-0.25, -0.2) is 4.98 Å². The molecule has 5 nitrogen and oxygen atoms in total. The van der Waals surface area contributed by atoms with Gasteiger partial charge in [0, 0.05) is 22.7 Å². The summed E-state index contributed by atoms with van der Waals surface area (Å²) in [6.07, 6.45) is -1.51. The highest BCUT2D eigenvalue weighted by atomic mass is 19.4. The van der Waals surface area contributed by atoms with E-state index in [1.165, 1.54) is 12.4 Å². The topological polar surface area (TPSA) is 67.6 Å². The molecule has 1 N–H and O–H groups in total. The van der Waals surface area contributed by atoms with Crippen LogP contribution in [-0.4, -0.2) is 20.1 Å². The van der Waals surface area contributed by atoms with E-state index in [0.29, 0.717) is 44.5 Å². The van der Waals surface area contributed by atoms with Crippen molar-refractivity contribution in [1.29, 1.82) is 0 Å². The van der Waals surface area contributed by atoms with Crippen molar-refractivity contribution in [3.8, 4) is 22.3 Å². The molecule has 0 spiro atoms. The lowest BCUT2D eigenvalue weighted by Crippen LogP contribution is -2.08. The van der Waals surface area contributed by atoms with E-state index in [4.69, 9.17) is 4.52 Å². The van der Waals surface area contributed by atoms with Crippen molar-refractivity contribution in [3.05, 3.63) is 65.9 Å². The normalized spacial score (nSPS) is 12.2. The van der Waals surface area contributed by atoms with E-state index in [-0.39, 0.29) is 5.56 Å². The first-order chi connectivity index (χ1) is 14.3. The van der Waals surface area contributed by atoms with Crippen molar-refractivity contribution in [1.82, 2.24) is 20.1 Å². The van der Waals surface area contributed by atoms with Crippen LogP contribution in [0, 0.1) is 13.8 Å². The molecule has 0 unspecified atom stereocenters. The second-order valence-electron chi connectivity index (χ2n) is 7.11. The summed E-state index contributed by atoms with van der Waals surface area (Å²) in [6.45, 7) is 3.57. The molecule has 0 saturated heterocycles. The zero-order chi connectivity index (χ0) is 21.0. The maximum Gasteiger partial charge on any atom is 0.417 e. The van der Waals surface area contributed by atoms with Crippen molar-refractivity contribution in [2.45, 2.75) is 20.0 Å². The van der Waals surface area contributed by atoms with E-state index in [1.54, 1.807) is 38.2 Å². The Bertz CT molecular complexity index is 1400. The number of nitrogens with one attached hydrogen (secondary N) is 1. The first-order valence-corrected chi connectivity index (χ1v) is 9.19. The average Bonchev–Trinajstić information content (AvgIpc) is 3.31. The first kappa shape index (κ1) is 18.4. The molecule has 5 rings (SSSR count). The Morgan fingerprint density at radius 1 is 1.00 bits per heavy atom. The summed E-state index contributed by atoms with van der Waals surface area (Å²) >= 11 is 0. The maximum absolute atomic E-state index is 14.0. The maximum atomic E-state index is 14.0. The number of aromatic amines is 1. The fourth-order valence-corrected chi connectivity index (χ4v) is 3.87. The van der Waals surface area contributed by atoms with Crippen molar-refractivity contribution >= 4 is 21.9 Å². The molecule has 0 amide bonds. The van der Waals surface area contributed by atoms with Gasteiger partial charge in [-0.2, -0.15) is 13.2 Å². The second kappa shape index (κ2) is 6.41. The van der Waals surface area contributed by atoms with Crippen LogP contribution in [0.4, 0.5) is 13.2 Å². The molecule has 3 aromatic heterocycles. The van der Waals surface area contributed by atoms with Crippen molar-refractivity contribution < 1.29 is 17.7 Å². The molecule has 0 aliphatic heterocycles. The Kier molecular flexibility index (Phi) is 3.92. The predicted octanol–water partition coefficient (Wildman–Crippen LogP) is 6.07. The summed E-state index contributed by atoms with van der Waals surface area (Å²) in [4.78, 5) is 11.5. The van der Waals surface area contributed by atoms with Gasteiger partial charge in [-0.3, -0.25) is 4.98 Å². The number of rotatable bonds is 2. The van der Waals surface area contributed by atoms with Gasteiger partial charge in [0.1, 0.15) is 5.76 Å². The molecule has 0 aliphatic carbocycles. The van der Waals surface area contributed by atoms with Gasteiger partial charge in [-0.15, -0.1) is 0 Å². The van der Waals surface area contributed by atoms with Crippen molar-refractivity contribution in [2.75, 3.05) is 0 Å². The van der Waals surface area contributed by atoms with Gasteiger partial charge in [-0.1, -0.05) is 11.2 Å². The van der Waals surface area contributed by atoms with Crippen LogP contribution in [0.15, 0.2) is 53.4 Å². The lowest BCUT2D eigenvalue weighted by Gasteiger charge is -2.16. The van der Waals surface area contributed by atoms with Crippen LogP contribution in [0.1, 0.15) is 17.0 Å². The molecule has 0 atom stereocenters. The summed E-state index contributed by atoms with van der Waals surface area (Å²) in [5.74, 6) is 0.591. The number of halogens is 3. The van der Waals surface area contributed by atoms with Gasteiger partial charge in [-0.05, 0) is 55.3 Å². The van der Waals surface area contributed by atoms with E-state index in [9.17, 15) is 13.2 Å². The number of fused-ring (bicyclic) bond motifs is 2. The highest BCUT2D eigenvalue weighted by Crippen LogP contribution is 2.42. The third-order valence-corrected chi connectivity index (χ3v) is 5.18. The zero-order valence-corrected chi connectivity index (χ0v) is 16.0. The number of nitrogens with zero attached hydrogens (tertiary/aromatic N) is 3. The van der Waals surface area contributed by atoms with Crippen LogP contribution in [0.25, 0.3) is 44.2 Å². The molecule has 30 heavy (non-hydrogen) atoms. The molecule has 8 heteroatoms. The van der Waals surface area contributed by atoms with Crippen molar-refractivity contribution in [3.63, 3.8) is 0 Å². The molecule has 5 aromatic rings. The molecular weight excluding hydrogens is 393 g/mol. The minimum absolute atomic E-state index is 0.0272. The Morgan fingerprint density at radius 2 is 1.83 bits per heavy atom. The van der Waals surface area contributed by atoms with E-state index < -0.39 is 11.7 Å². The highest BCUT2D eigenvalue weighted by molar-refractivity contribution is 5.99. The lowest BCUT2D eigenvalue weighted by molar-refractivity contribution is -0.137. The molecule has 0 saturated carbocycles. The fourth-order valence-electron chi connectivity index (χ4n) is 3.87. The molecule has 0 aliphatic rings. The number of aromatic nitrogens is 4. The third kappa shape index (κ3) is 2.83. The van der Waals surface area contributed by atoms with Crippen LogP contribution in [0.5, 0.6) is 0 Å². The summed E-state index contributed by atoms with van der Waals surface area (Å²) < 4.78 is 47.3. The van der Waals surface area contributed by atoms with E-state index in [0.717, 1.165) is 11.6 Å². The van der Waals surface area contributed by atoms with E-state index >= 15 is 0 Å². The minimum Gasteiger partial charge on any atom is -0.361 e. The Balaban J connectivity index is 1.88. The second-order valence-corrected chi connectivity index (χ2v) is 7.11. The Morgan fingerprint density at radius 3 is 2.57 bits per heavy atom. The monoisotopic (exact) mass is 408 g/mol. The number of pyridine rings is 1. The van der Waals surface area contributed by atoms with Gasteiger partial charge < -0.3 is 9.51 Å². The number of hydrogen-bond donors (Lipinski definition) is 1. The molecule has 0 bridgehead atoms. The number of benzene rings is 2. The van der Waals surface area contributed by atoms with Crippen LogP contribution < -0.4 is 0 Å². The van der Waals surface area contributed by atoms with Crippen LogP contribution in [0.3, 0.4) is 0 Å². The standard InChI is InChI=1S/C22H15F3N4O/c1-11-20(12(2)30-29-11)14-6-16(21-19(8-14)27-10-28-21)15-9-18-13(4-3-5-26-18)7-17(15)22(23,24)25/h3-10H,1-2H3,(H,27,28). The third-order valence-electron chi connectivity index (χ3n) is 5.18. The number of hydrogen-bond acceptors (Lipinski definition) is 4. The van der Waals surface area contributed by atoms with Crippen LogP contribution in [0.2, 0.25) is 0 Å². The summed E-state index contributed by atoms with van der Waals surface area (Å²) in [5, 5.41) is 4.39. The molecular formula is C22H15F3N4O. The number of alkyl halides is 3. The summed E-state index contributed by atoms with van der Waals surface area (Å²) in [6, 6.07) is 9.38. The lowest BCUT2D eigenvalue weighted by atomic mass is 9.92. The highest BCUT2D eigenvalue weighted by Gasteiger charge is 2.35. The van der Waals surface area contributed by atoms with Gasteiger partial charge in [0.2, 0.25) is 0 Å². The van der Waals surface area contributed by atoms with Crippen LogP contribution >= 0.6 is 0 Å². The van der Waals surface area contributed by atoms with Gasteiger partial charge >= 0.3 is 6.18 Å². The average molecular weight is 408 g/mol. The fraction of sp³-hybridized carbons (Fsp3) is 0.136.